The van der Waals surface area contributed by atoms with Gasteiger partial charge in [0.25, 0.3) is 5.91 Å². The van der Waals surface area contributed by atoms with Gasteiger partial charge in [-0.05, 0) is 81.6 Å². The Morgan fingerprint density at radius 3 is 2.48 bits per heavy atom. The summed E-state index contributed by atoms with van der Waals surface area (Å²) in [5, 5.41) is 9.83. The topological polar surface area (TPSA) is 47.0 Å². The highest BCUT2D eigenvalue weighted by molar-refractivity contribution is 5.94. The predicted molar refractivity (Wildman–Crippen MR) is 124 cm³/mol. The number of likely N-dealkylation sites (tertiary alicyclic amines) is 1. The van der Waals surface area contributed by atoms with Crippen molar-refractivity contribution in [3.05, 3.63) is 65.2 Å². The average molecular weight is 422 g/mol. The molecule has 2 aliphatic rings. The number of carbonyl (C=O) groups excluding carboxylic acids is 1. The van der Waals surface area contributed by atoms with Crippen molar-refractivity contribution in [2.24, 2.45) is 5.92 Å². The van der Waals surface area contributed by atoms with Crippen molar-refractivity contribution in [1.82, 2.24) is 14.7 Å². The van der Waals surface area contributed by atoms with E-state index < -0.39 is 0 Å². The summed E-state index contributed by atoms with van der Waals surface area (Å²) in [6.45, 7) is 4.53. The first-order valence-corrected chi connectivity index (χ1v) is 11.5. The summed E-state index contributed by atoms with van der Waals surface area (Å²) in [6, 6.07) is 16.2. The third-order valence-corrected chi connectivity index (χ3v) is 6.77. The quantitative estimate of drug-likeness (QED) is 0.745. The molecule has 1 amide bonds. The fourth-order valence-electron chi connectivity index (χ4n) is 5.10. The van der Waals surface area contributed by atoms with Crippen LogP contribution in [0.1, 0.15) is 34.3 Å². The van der Waals surface area contributed by atoms with Crippen LogP contribution in [0.2, 0.25) is 0 Å². The molecule has 1 aliphatic carbocycles. The third kappa shape index (κ3) is 5.46. The largest absolute Gasteiger partial charge is 0.508 e. The van der Waals surface area contributed by atoms with Crippen molar-refractivity contribution in [2.45, 2.75) is 31.7 Å². The van der Waals surface area contributed by atoms with Crippen molar-refractivity contribution in [1.29, 1.82) is 0 Å². The lowest BCUT2D eigenvalue weighted by atomic mass is 9.95. The monoisotopic (exact) mass is 421 g/mol. The Balaban J connectivity index is 1.42. The number of rotatable bonds is 7. The van der Waals surface area contributed by atoms with E-state index in [2.05, 4.69) is 34.1 Å². The smallest absolute Gasteiger partial charge is 0.254 e. The second kappa shape index (κ2) is 9.84. The maximum absolute atomic E-state index is 13.3. The molecule has 1 heterocycles. The molecule has 0 saturated carbocycles. The van der Waals surface area contributed by atoms with Crippen LogP contribution >= 0.6 is 0 Å². The highest BCUT2D eigenvalue weighted by Gasteiger charge is 2.31. The second-order valence-corrected chi connectivity index (χ2v) is 9.44. The molecule has 0 spiro atoms. The lowest BCUT2D eigenvalue weighted by Crippen LogP contribution is -2.48. The number of carbonyl (C=O) groups is 1. The maximum Gasteiger partial charge on any atom is 0.254 e. The van der Waals surface area contributed by atoms with Crippen LogP contribution in [0, 0.1) is 5.92 Å². The van der Waals surface area contributed by atoms with E-state index in [4.69, 9.17) is 0 Å². The molecule has 0 aromatic heterocycles. The summed E-state index contributed by atoms with van der Waals surface area (Å²) in [4.78, 5) is 20.0. The summed E-state index contributed by atoms with van der Waals surface area (Å²) >= 11 is 0. The summed E-state index contributed by atoms with van der Waals surface area (Å²) < 4.78 is 0. The molecular weight excluding hydrogens is 386 g/mol. The Kier molecular flexibility index (Phi) is 6.93. The first kappa shape index (κ1) is 21.8. The van der Waals surface area contributed by atoms with E-state index in [1.807, 2.05) is 19.0 Å². The Hall–Kier alpha value is -2.37. The van der Waals surface area contributed by atoms with Gasteiger partial charge in [0.2, 0.25) is 0 Å². The van der Waals surface area contributed by atoms with Gasteiger partial charge in [-0.1, -0.05) is 30.3 Å². The van der Waals surface area contributed by atoms with Crippen LogP contribution in [0.4, 0.5) is 0 Å². The van der Waals surface area contributed by atoms with Gasteiger partial charge in [-0.15, -0.1) is 0 Å². The van der Waals surface area contributed by atoms with E-state index in [0.29, 0.717) is 24.1 Å². The van der Waals surface area contributed by atoms with Crippen LogP contribution in [0.15, 0.2) is 48.5 Å². The zero-order chi connectivity index (χ0) is 21.8. The molecule has 1 aliphatic heterocycles. The van der Waals surface area contributed by atoms with Crippen molar-refractivity contribution in [2.75, 3.05) is 46.8 Å². The molecule has 1 N–H and O–H groups in total. The fraction of sp³-hybridized carbons (Fsp3) is 0.500. The highest BCUT2D eigenvalue weighted by Crippen LogP contribution is 2.29. The molecule has 5 heteroatoms. The van der Waals surface area contributed by atoms with Crippen LogP contribution in [-0.4, -0.2) is 78.6 Å². The molecule has 0 radical (unpaired) electrons. The van der Waals surface area contributed by atoms with E-state index in [-0.39, 0.29) is 11.7 Å². The number of amides is 1. The molecular formula is C26H35N3O2. The number of likely N-dealkylation sites (N-methyl/N-ethyl adjacent to an activating group) is 1. The minimum Gasteiger partial charge on any atom is -0.508 e. The molecule has 4 rings (SSSR count). The van der Waals surface area contributed by atoms with E-state index >= 15 is 0 Å². The van der Waals surface area contributed by atoms with Gasteiger partial charge in [-0.3, -0.25) is 9.69 Å². The zero-order valence-corrected chi connectivity index (χ0v) is 18.8. The molecule has 1 saturated heterocycles. The van der Waals surface area contributed by atoms with Gasteiger partial charge in [0.1, 0.15) is 5.75 Å². The molecule has 2 aromatic carbocycles. The lowest BCUT2D eigenvalue weighted by molar-refractivity contribution is 0.0629. The summed E-state index contributed by atoms with van der Waals surface area (Å²) in [6.07, 6.45) is 4.66. The van der Waals surface area contributed by atoms with Gasteiger partial charge in [0.15, 0.2) is 0 Å². The molecule has 166 valence electrons. The number of phenols is 1. The van der Waals surface area contributed by atoms with Crippen LogP contribution < -0.4 is 0 Å². The van der Waals surface area contributed by atoms with Crippen LogP contribution in [0.5, 0.6) is 5.75 Å². The number of benzene rings is 2. The molecule has 2 aromatic rings. The van der Waals surface area contributed by atoms with E-state index in [1.54, 1.807) is 24.3 Å². The van der Waals surface area contributed by atoms with Gasteiger partial charge < -0.3 is 14.9 Å². The number of hydrogen-bond acceptors (Lipinski definition) is 4. The minimum absolute atomic E-state index is 0.0168. The maximum atomic E-state index is 13.3. The summed E-state index contributed by atoms with van der Waals surface area (Å²) in [7, 11) is 4.08. The fourth-order valence-corrected chi connectivity index (χ4v) is 5.10. The Morgan fingerprint density at radius 2 is 1.81 bits per heavy atom. The predicted octanol–water partition coefficient (Wildman–Crippen LogP) is 3.28. The van der Waals surface area contributed by atoms with E-state index in [0.717, 1.165) is 39.0 Å². The second-order valence-electron chi connectivity index (χ2n) is 9.44. The number of hydrogen-bond donors (Lipinski definition) is 1. The SMILES string of the molecule is CN(C)CCN(CC1CCCN(C2Cc3ccccc3C2)C1)C(=O)c1cccc(O)c1. The molecule has 31 heavy (non-hydrogen) atoms. The van der Waals surface area contributed by atoms with Gasteiger partial charge in [-0.25, -0.2) is 0 Å². The molecule has 1 fully saturated rings. The molecule has 1 unspecified atom stereocenters. The summed E-state index contributed by atoms with van der Waals surface area (Å²) in [5.74, 6) is 0.645. The minimum atomic E-state index is 0.0168. The van der Waals surface area contributed by atoms with Crippen molar-refractivity contribution < 1.29 is 9.90 Å². The van der Waals surface area contributed by atoms with Gasteiger partial charge in [0.05, 0.1) is 0 Å². The molecule has 0 bridgehead atoms. The Morgan fingerprint density at radius 1 is 1.06 bits per heavy atom. The number of aromatic hydroxyl groups is 1. The van der Waals surface area contributed by atoms with E-state index in [9.17, 15) is 9.90 Å². The van der Waals surface area contributed by atoms with Crippen LogP contribution in [0.25, 0.3) is 0 Å². The average Bonchev–Trinajstić information content (AvgIpc) is 3.21. The first-order valence-electron chi connectivity index (χ1n) is 11.5. The van der Waals surface area contributed by atoms with Crippen LogP contribution in [-0.2, 0) is 12.8 Å². The van der Waals surface area contributed by atoms with Gasteiger partial charge in [-0.2, -0.15) is 0 Å². The standard InChI is InChI=1S/C26H35N3O2/c1-27(2)13-14-29(26(31)23-10-5-11-25(30)17-23)19-20-7-6-12-28(18-20)24-15-21-8-3-4-9-22(21)16-24/h3-5,8-11,17,20,24,30H,6-7,12-16,18-19H2,1-2H3. The Labute approximate surface area is 186 Å². The van der Waals surface area contributed by atoms with Gasteiger partial charge >= 0.3 is 0 Å². The van der Waals surface area contributed by atoms with Crippen molar-refractivity contribution in [3.8, 4) is 5.75 Å². The van der Waals surface area contributed by atoms with Crippen molar-refractivity contribution in [3.63, 3.8) is 0 Å². The normalized spacial score (nSPS) is 19.5. The van der Waals surface area contributed by atoms with E-state index in [1.165, 1.54) is 24.0 Å². The zero-order valence-electron chi connectivity index (χ0n) is 18.8. The van der Waals surface area contributed by atoms with Gasteiger partial charge in [0, 0.05) is 37.8 Å². The number of fused-ring (bicyclic) bond motifs is 1. The highest BCUT2D eigenvalue weighted by atomic mass is 16.3. The Bertz CT molecular complexity index is 873. The number of nitrogens with zero attached hydrogens (tertiary/aromatic N) is 3. The molecule has 5 nitrogen and oxygen atoms in total. The summed E-state index contributed by atoms with van der Waals surface area (Å²) in [5.41, 5.74) is 3.57. The third-order valence-electron chi connectivity index (χ3n) is 6.77. The van der Waals surface area contributed by atoms with Crippen LogP contribution in [0.3, 0.4) is 0 Å². The number of phenolic OH excluding ortho intramolecular Hbond substituents is 1. The lowest BCUT2D eigenvalue weighted by Gasteiger charge is -2.39. The number of piperidine rings is 1. The molecule has 1 atom stereocenters. The first-order chi connectivity index (χ1) is 15.0. The van der Waals surface area contributed by atoms with Crippen molar-refractivity contribution >= 4 is 5.91 Å².